The summed E-state index contributed by atoms with van der Waals surface area (Å²) in [6, 6.07) is 19.4. The fourth-order valence-electron chi connectivity index (χ4n) is 4.57. The van der Waals surface area contributed by atoms with E-state index >= 15 is 0 Å². The molecule has 186 valence electrons. The molecule has 1 aliphatic heterocycles. The smallest absolute Gasteiger partial charge is 0.254 e. The van der Waals surface area contributed by atoms with Crippen molar-refractivity contribution in [2.24, 2.45) is 0 Å². The van der Waals surface area contributed by atoms with Crippen molar-refractivity contribution < 1.29 is 9.59 Å². The van der Waals surface area contributed by atoms with E-state index in [2.05, 4.69) is 22.4 Å². The van der Waals surface area contributed by atoms with Crippen molar-refractivity contribution in [3.8, 4) is 11.3 Å². The quantitative estimate of drug-likeness (QED) is 0.361. The van der Waals surface area contributed by atoms with Crippen LogP contribution in [-0.4, -0.2) is 44.6 Å². The normalized spacial score (nSPS) is 13.3. The first-order valence-corrected chi connectivity index (χ1v) is 12.5. The highest BCUT2D eigenvalue weighted by Crippen LogP contribution is 2.24. The molecule has 7 nitrogen and oxygen atoms in total. The molecule has 3 heterocycles. The van der Waals surface area contributed by atoms with E-state index in [1.807, 2.05) is 71.2 Å². The van der Waals surface area contributed by atoms with Crippen LogP contribution in [0.2, 0.25) is 0 Å². The third-order valence-corrected chi connectivity index (χ3v) is 6.54. The first kappa shape index (κ1) is 24.2. The Morgan fingerprint density at radius 2 is 1.81 bits per heavy atom. The Bertz CT molecular complexity index is 1420. The minimum absolute atomic E-state index is 0.0218. The fourth-order valence-corrected chi connectivity index (χ4v) is 4.57. The number of aromatic nitrogens is 3. The minimum atomic E-state index is -0.276. The van der Waals surface area contributed by atoms with E-state index in [0.29, 0.717) is 17.8 Å². The van der Waals surface area contributed by atoms with Gasteiger partial charge >= 0.3 is 0 Å². The Hall–Kier alpha value is -4.52. The van der Waals surface area contributed by atoms with Crippen LogP contribution in [0.3, 0.4) is 0 Å². The van der Waals surface area contributed by atoms with Crippen LogP contribution in [0.4, 0.5) is 5.69 Å². The average Bonchev–Trinajstić information content (AvgIpc) is 3.60. The molecule has 2 aromatic heterocycles. The van der Waals surface area contributed by atoms with Crippen LogP contribution in [0.15, 0.2) is 85.3 Å². The number of pyridine rings is 1. The third kappa shape index (κ3) is 5.67. The topological polar surface area (TPSA) is 80.1 Å². The molecule has 4 aromatic rings. The number of amides is 2. The van der Waals surface area contributed by atoms with Gasteiger partial charge in [0.15, 0.2) is 0 Å². The summed E-state index contributed by atoms with van der Waals surface area (Å²) in [5.74, 6) is -0.254. The van der Waals surface area contributed by atoms with E-state index in [4.69, 9.17) is 5.10 Å². The number of hydrogen-bond acceptors (Lipinski definition) is 4. The molecule has 0 atom stereocenters. The lowest BCUT2D eigenvalue weighted by Gasteiger charge is -2.18. The number of likely N-dealkylation sites (tertiary alicyclic amines) is 1. The number of nitrogens with zero attached hydrogens (tertiary/aromatic N) is 4. The van der Waals surface area contributed by atoms with Crippen molar-refractivity contribution in [2.45, 2.75) is 26.3 Å². The van der Waals surface area contributed by atoms with Crippen molar-refractivity contribution in [1.29, 1.82) is 0 Å². The van der Waals surface area contributed by atoms with Crippen LogP contribution in [-0.2, 0) is 11.3 Å². The highest BCUT2D eigenvalue weighted by Gasteiger charge is 2.22. The van der Waals surface area contributed by atoms with Crippen LogP contribution in [0, 0.1) is 6.92 Å². The number of hydrogen-bond donors (Lipinski definition) is 1. The van der Waals surface area contributed by atoms with Gasteiger partial charge in [-0.05, 0) is 61.2 Å². The van der Waals surface area contributed by atoms with Crippen molar-refractivity contribution in [2.75, 3.05) is 18.4 Å². The average molecular weight is 492 g/mol. The molecule has 1 aliphatic rings. The van der Waals surface area contributed by atoms with Gasteiger partial charge in [0.2, 0.25) is 5.91 Å². The summed E-state index contributed by atoms with van der Waals surface area (Å²) in [5.41, 5.74) is 5.61. The second-order valence-corrected chi connectivity index (χ2v) is 9.16. The molecule has 0 bridgehead atoms. The molecular formula is C30H29N5O2. The third-order valence-electron chi connectivity index (χ3n) is 6.54. The molecule has 0 spiro atoms. The van der Waals surface area contributed by atoms with Gasteiger partial charge in [-0.3, -0.25) is 19.3 Å². The van der Waals surface area contributed by atoms with Gasteiger partial charge in [0.1, 0.15) is 5.69 Å². The van der Waals surface area contributed by atoms with Gasteiger partial charge in [-0.2, -0.15) is 5.10 Å². The molecule has 2 amide bonds. The lowest BCUT2D eigenvalue weighted by molar-refractivity contribution is -0.111. The number of nitrogens with one attached hydrogen (secondary N) is 1. The monoisotopic (exact) mass is 491 g/mol. The summed E-state index contributed by atoms with van der Waals surface area (Å²) in [6.45, 7) is 4.06. The van der Waals surface area contributed by atoms with E-state index in [0.717, 1.165) is 53.9 Å². The molecule has 7 heteroatoms. The fraction of sp³-hybridized carbons (Fsp3) is 0.200. The Morgan fingerprint density at radius 1 is 1.00 bits per heavy atom. The van der Waals surface area contributed by atoms with Crippen LogP contribution in [0.25, 0.3) is 17.3 Å². The molecule has 1 fully saturated rings. The summed E-state index contributed by atoms with van der Waals surface area (Å²) in [4.78, 5) is 31.9. The predicted molar refractivity (Wildman–Crippen MR) is 145 cm³/mol. The van der Waals surface area contributed by atoms with Gasteiger partial charge in [-0.1, -0.05) is 36.4 Å². The van der Waals surface area contributed by atoms with Gasteiger partial charge in [-0.15, -0.1) is 0 Å². The van der Waals surface area contributed by atoms with E-state index in [-0.39, 0.29) is 11.8 Å². The number of carbonyl (C=O) groups is 2. The van der Waals surface area contributed by atoms with E-state index < -0.39 is 0 Å². The van der Waals surface area contributed by atoms with Gasteiger partial charge in [-0.25, -0.2) is 0 Å². The summed E-state index contributed by atoms with van der Waals surface area (Å²) >= 11 is 0. The second kappa shape index (κ2) is 11.0. The summed E-state index contributed by atoms with van der Waals surface area (Å²) in [5, 5.41) is 7.71. The maximum atomic E-state index is 12.9. The molecule has 37 heavy (non-hydrogen) atoms. The van der Waals surface area contributed by atoms with Crippen molar-refractivity contribution >= 4 is 23.6 Å². The maximum Gasteiger partial charge on any atom is 0.254 e. The van der Waals surface area contributed by atoms with Crippen LogP contribution in [0.1, 0.15) is 39.9 Å². The molecule has 0 aliphatic carbocycles. The Kier molecular flexibility index (Phi) is 7.21. The lowest BCUT2D eigenvalue weighted by Crippen LogP contribution is -2.28. The molecule has 0 radical (unpaired) electrons. The molecule has 0 saturated carbocycles. The highest BCUT2D eigenvalue weighted by molar-refractivity contribution is 6.04. The van der Waals surface area contributed by atoms with Gasteiger partial charge in [0.25, 0.3) is 5.91 Å². The highest BCUT2D eigenvalue weighted by atomic mass is 16.2. The Balaban J connectivity index is 1.36. The zero-order valence-corrected chi connectivity index (χ0v) is 20.8. The van der Waals surface area contributed by atoms with E-state index in [1.54, 1.807) is 18.5 Å². The van der Waals surface area contributed by atoms with Crippen LogP contribution in [0.5, 0.6) is 0 Å². The Morgan fingerprint density at radius 3 is 2.57 bits per heavy atom. The number of anilines is 1. The number of benzene rings is 2. The van der Waals surface area contributed by atoms with Gasteiger partial charge < -0.3 is 10.2 Å². The Labute approximate surface area is 216 Å². The molecule has 2 aromatic carbocycles. The first-order valence-electron chi connectivity index (χ1n) is 12.5. The molecule has 1 saturated heterocycles. The molecule has 0 unspecified atom stereocenters. The molecular weight excluding hydrogens is 462 g/mol. The number of carbonyl (C=O) groups excluding carboxylic acids is 2. The maximum absolute atomic E-state index is 12.9. The number of rotatable bonds is 7. The van der Waals surface area contributed by atoms with Gasteiger partial charge in [0.05, 0.1) is 6.54 Å². The van der Waals surface area contributed by atoms with Crippen LogP contribution < -0.4 is 5.32 Å². The standard InChI is InChI=1S/C30H29N5O2/c1-22-26(30(37)34-17-5-6-18-34)12-7-13-27(22)32-28(36)15-14-25-21-35(20-23-9-3-2-4-10-23)33-29(25)24-11-8-16-31-19-24/h2-4,7-16,19,21H,5-6,17-18,20H2,1H3,(H,32,36)/b15-14+. The molecule has 5 rings (SSSR count). The SMILES string of the molecule is Cc1c(NC(=O)/C=C/c2cn(Cc3ccccc3)nc2-c2cccnc2)cccc1C(=O)N1CCCC1. The summed E-state index contributed by atoms with van der Waals surface area (Å²) < 4.78 is 1.87. The van der Waals surface area contributed by atoms with Crippen LogP contribution >= 0.6 is 0 Å². The van der Waals surface area contributed by atoms with Crippen molar-refractivity contribution in [3.63, 3.8) is 0 Å². The molecule has 1 N–H and O–H groups in total. The van der Waals surface area contributed by atoms with Crippen molar-refractivity contribution in [1.82, 2.24) is 19.7 Å². The zero-order chi connectivity index (χ0) is 25.6. The second-order valence-electron chi connectivity index (χ2n) is 9.16. The lowest BCUT2D eigenvalue weighted by atomic mass is 10.1. The largest absolute Gasteiger partial charge is 0.339 e. The minimum Gasteiger partial charge on any atom is -0.339 e. The van der Waals surface area contributed by atoms with E-state index in [9.17, 15) is 9.59 Å². The first-order chi connectivity index (χ1) is 18.1. The van der Waals surface area contributed by atoms with Crippen molar-refractivity contribution in [3.05, 3.63) is 108 Å². The predicted octanol–water partition coefficient (Wildman–Crippen LogP) is 5.19. The zero-order valence-electron chi connectivity index (χ0n) is 20.8. The summed E-state index contributed by atoms with van der Waals surface area (Å²) in [6.07, 6.45) is 10.7. The van der Waals surface area contributed by atoms with E-state index in [1.165, 1.54) is 6.08 Å². The summed E-state index contributed by atoms with van der Waals surface area (Å²) in [7, 11) is 0. The van der Waals surface area contributed by atoms with Gasteiger partial charge in [0, 0.05) is 60.1 Å².